The first-order valence-electron chi connectivity index (χ1n) is 10.7. The number of aromatic nitrogens is 3. The number of benzene rings is 3. The lowest BCUT2D eigenvalue weighted by Gasteiger charge is -2.25. The van der Waals surface area contributed by atoms with Gasteiger partial charge in [0.05, 0.1) is 30.5 Å². The Bertz CT molecular complexity index is 1170. The zero-order chi connectivity index (χ0) is 22.2. The molecule has 0 atom stereocenters. The molecule has 0 radical (unpaired) electrons. The van der Waals surface area contributed by atoms with Gasteiger partial charge in [-0.15, -0.1) is 5.10 Å². The number of nitrogens with zero attached hydrogens (tertiary/aromatic N) is 5. The molecule has 3 aromatic carbocycles. The molecule has 160 valence electrons. The van der Waals surface area contributed by atoms with Gasteiger partial charge in [-0.05, 0) is 47.9 Å². The molecule has 1 heterocycles. The van der Waals surface area contributed by atoms with E-state index in [0.29, 0.717) is 12.1 Å². The van der Waals surface area contributed by atoms with Crippen LogP contribution in [0.2, 0.25) is 0 Å². The summed E-state index contributed by atoms with van der Waals surface area (Å²) in [5, 5.41) is 16.0. The van der Waals surface area contributed by atoms with Crippen LogP contribution >= 0.6 is 0 Å². The van der Waals surface area contributed by atoms with E-state index >= 15 is 0 Å². The van der Waals surface area contributed by atoms with Crippen molar-refractivity contribution in [2.24, 2.45) is 0 Å². The number of anilines is 1. The Balaban J connectivity index is 1.64. The molecule has 32 heavy (non-hydrogen) atoms. The van der Waals surface area contributed by atoms with Gasteiger partial charge in [-0.2, -0.15) is 10.1 Å². The van der Waals surface area contributed by atoms with Crippen LogP contribution in [0.25, 0.3) is 11.1 Å². The van der Waals surface area contributed by atoms with Crippen LogP contribution in [0.5, 0.6) is 5.75 Å². The number of nitriles is 1. The summed E-state index contributed by atoms with van der Waals surface area (Å²) in [6, 6.07) is 26.2. The van der Waals surface area contributed by atoms with E-state index in [9.17, 15) is 5.26 Å². The van der Waals surface area contributed by atoms with Crippen molar-refractivity contribution in [1.82, 2.24) is 14.9 Å². The van der Waals surface area contributed by atoms with E-state index in [1.165, 1.54) is 6.33 Å². The van der Waals surface area contributed by atoms with Crippen LogP contribution in [-0.2, 0) is 6.54 Å². The number of unbranched alkanes of at least 4 members (excludes halogenated alkanes) is 1. The summed E-state index contributed by atoms with van der Waals surface area (Å²) in [7, 11) is 0. The quantitative estimate of drug-likeness (QED) is 0.334. The van der Waals surface area contributed by atoms with Crippen molar-refractivity contribution in [3.8, 4) is 22.9 Å². The lowest BCUT2D eigenvalue weighted by atomic mass is 9.99. The van der Waals surface area contributed by atoms with Crippen molar-refractivity contribution in [2.75, 3.05) is 11.6 Å². The lowest BCUT2D eigenvalue weighted by Crippen LogP contribution is -2.29. The summed E-state index contributed by atoms with van der Waals surface area (Å²) in [5.41, 5.74) is 4.53. The second kappa shape index (κ2) is 10.3. The van der Waals surface area contributed by atoms with Crippen molar-refractivity contribution >= 4 is 5.69 Å². The molecule has 0 bridgehead atoms. The third-order valence-corrected chi connectivity index (χ3v) is 5.18. The van der Waals surface area contributed by atoms with E-state index in [2.05, 4.69) is 35.2 Å². The van der Waals surface area contributed by atoms with Gasteiger partial charge < -0.3 is 4.74 Å². The van der Waals surface area contributed by atoms with Crippen LogP contribution in [0.15, 0.2) is 85.5 Å². The van der Waals surface area contributed by atoms with Crippen LogP contribution in [0.4, 0.5) is 5.69 Å². The molecule has 0 unspecified atom stereocenters. The Labute approximate surface area is 188 Å². The van der Waals surface area contributed by atoms with Gasteiger partial charge in [-0.25, -0.2) is 4.98 Å². The Morgan fingerprint density at radius 1 is 1.03 bits per heavy atom. The zero-order valence-corrected chi connectivity index (χ0v) is 18.1. The third kappa shape index (κ3) is 4.96. The van der Waals surface area contributed by atoms with Crippen molar-refractivity contribution in [3.05, 3.63) is 96.6 Å². The highest BCUT2D eigenvalue weighted by atomic mass is 16.5. The Kier molecular flexibility index (Phi) is 6.78. The standard InChI is InChI=1S/C26H25N5O/c1-2-3-15-32-25-13-9-21(10-14-25)18-30(31-20-28-19-29-31)24-12-11-23(17-27)26(16-24)22-7-5-4-6-8-22/h4-14,16,19-20H,2-3,15,18H2,1H3. The van der Waals surface area contributed by atoms with Gasteiger partial charge in [0.15, 0.2) is 0 Å². The minimum Gasteiger partial charge on any atom is -0.494 e. The highest BCUT2D eigenvalue weighted by molar-refractivity contribution is 5.74. The second-order valence-corrected chi connectivity index (χ2v) is 7.43. The van der Waals surface area contributed by atoms with Gasteiger partial charge in [-0.3, -0.25) is 5.01 Å². The second-order valence-electron chi connectivity index (χ2n) is 7.43. The summed E-state index contributed by atoms with van der Waals surface area (Å²) >= 11 is 0. The third-order valence-electron chi connectivity index (χ3n) is 5.18. The van der Waals surface area contributed by atoms with Crippen molar-refractivity contribution in [2.45, 2.75) is 26.3 Å². The molecule has 0 saturated carbocycles. The van der Waals surface area contributed by atoms with Crippen molar-refractivity contribution in [1.29, 1.82) is 5.26 Å². The predicted molar refractivity (Wildman–Crippen MR) is 125 cm³/mol. The first-order valence-corrected chi connectivity index (χ1v) is 10.7. The van der Waals surface area contributed by atoms with Crippen molar-refractivity contribution in [3.63, 3.8) is 0 Å². The Hall–Kier alpha value is -4.11. The van der Waals surface area contributed by atoms with Crippen LogP contribution in [0, 0.1) is 11.3 Å². The first-order chi connectivity index (χ1) is 15.8. The van der Waals surface area contributed by atoms with Gasteiger partial charge in [0.25, 0.3) is 0 Å². The molecule has 6 nitrogen and oxygen atoms in total. The smallest absolute Gasteiger partial charge is 0.139 e. The molecule has 0 amide bonds. The Morgan fingerprint density at radius 3 is 2.53 bits per heavy atom. The highest BCUT2D eigenvalue weighted by Crippen LogP contribution is 2.29. The van der Waals surface area contributed by atoms with Gasteiger partial charge in [0.1, 0.15) is 18.4 Å². The summed E-state index contributed by atoms with van der Waals surface area (Å²) in [6.45, 7) is 3.46. The fourth-order valence-electron chi connectivity index (χ4n) is 3.45. The molecule has 0 N–H and O–H groups in total. The minimum absolute atomic E-state index is 0.582. The van der Waals surface area contributed by atoms with Crippen molar-refractivity contribution < 1.29 is 4.74 Å². The maximum absolute atomic E-state index is 9.63. The van der Waals surface area contributed by atoms with Crippen LogP contribution in [-0.4, -0.2) is 21.5 Å². The van der Waals surface area contributed by atoms with Gasteiger partial charge in [0.2, 0.25) is 0 Å². The molecule has 0 aliphatic heterocycles. The molecule has 1 aromatic heterocycles. The number of ether oxygens (including phenoxy) is 1. The molecule has 0 fully saturated rings. The summed E-state index contributed by atoms with van der Waals surface area (Å²) in [5.74, 6) is 0.874. The van der Waals surface area contributed by atoms with Crippen LogP contribution in [0.1, 0.15) is 30.9 Å². The molecule has 0 saturated heterocycles. The van der Waals surface area contributed by atoms with E-state index in [4.69, 9.17) is 4.74 Å². The highest BCUT2D eigenvalue weighted by Gasteiger charge is 2.14. The summed E-state index contributed by atoms with van der Waals surface area (Å²) in [4.78, 5) is 5.83. The molecule has 0 aliphatic carbocycles. The predicted octanol–water partition coefficient (Wildman–Crippen LogP) is 5.47. The van der Waals surface area contributed by atoms with E-state index < -0.39 is 0 Å². The average molecular weight is 424 g/mol. The van der Waals surface area contributed by atoms with Crippen LogP contribution < -0.4 is 9.75 Å². The molecule has 6 heteroatoms. The normalized spacial score (nSPS) is 10.5. The van der Waals surface area contributed by atoms with E-state index in [0.717, 1.165) is 47.6 Å². The topological polar surface area (TPSA) is 67.0 Å². The molecule has 0 aliphatic rings. The van der Waals surface area contributed by atoms with E-state index in [-0.39, 0.29) is 0 Å². The van der Waals surface area contributed by atoms with E-state index in [1.54, 1.807) is 11.1 Å². The molecule has 0 spiro atoms. The van der Waals surface area contributed by atoms with E-state index in [1.807, 2.05) is 65.7 Å². The number of hydrogen-bond donors (Lipinski definition) is 0. The number of rotatable bonds is 9. The molecule has 4 rings (SSSR count). The molecular weight excluding hydrogens is 398 g/mol. The average Bonchev–Trinajstić information content (AvgIpc) is 3.38. The maximum atomic E-state index is 9.63. The largest absolute Gasteiger partial charge is 0.494 e. The van der Waals surface area contributed by atoms with Crippen LogP contribution in [0.3, 0.4) is 0 Å². The summed E-state index contributed by atoms with van der Waals surface area (Å²) in [6.07, 6.45) is 5.34. The Morgan fingerprint density at radius 2 is 1.84 bits per heavy atom. The molecule has 4 aromatic rings. The minimum atomic E-state index is 0.582. The monoisotopic (exact) mass is 423 g/mol. The fourth-order valence-corrected chi connectivity index (χ4v) is 3.45. The van der Waals surface area contributed by atoms with Gasteiger partial charge >= 0.3 is 0 Å². The fraction of sp³-hybridized carbons (Fsp3) is 0.192. The SMILES string of the molecule is CCCCOc1ccc(CN(c2ccc(C#N)c(-c3ccccc3)c2)n2cncn2)cc1. The molecular formula is C26H25N5O. The zero-order valence-electron chi connectivity index (χ0n) is 18.1. The maximum Gasteiger partial charge on any atom is 0.139 e. The first kappa shape index (κ1) is 21.1. The summed E-state index contributed by atoms with van der Waals surface area (Å²) < 4.78 is 5.78. The lowest BCUT2D eigenvalue weighted by molar-refractivity contribution is 0.309. The van der Waals surface area contributed by atoms with Gasteiger partial charge in [-0.1, -0.05) is 55.8 Å². The van der Waals surface area contributed by atoms with Gasteiger partial charge in [0, 0.05) is 5.56 Å². The number of hydrogen-bond acceptors (Lipinski definition) is 5.